The number of aromatic nitrogens is 1. The highest BCUT2D eigenvalue weighted by atomic mass is 32.1. The van der Waals surface area contributed by atoms with Crippen LogP contribution >= 0.6 is 11.3 Å². The predicted octanol–water partition coefficient (Wildman–Crippen LogP) is 3.48. The average Bonchev–Trinajstić information content (AvgIpc) is 3.07. The third-order valence-electron chi connectivity index (χ3n) is 3.57. The minimum absolute atomic E-state index is 0.0108. The second kappa shape index (κ2) is 7.31. The molecule has 0 amide bonds. The lowest BCUT2D eigenvalue weighted by atomic mass is 10.1. The molecule has 0 bridgehead atoms. The van der Waals surface area contributed by atoms with Crippen LogP contribution in [0.3, 0.4) is 0 Å². The Morgan fingerprint density at radius 1 is 1.16 bits per heavy atom. The molecular weight excluding hydrogens is 342 g/mol. The van der Waals surface area contributed by atoms with E-state index in [2.05, 4.69) is 4.98 Å². The third kappa shape index (κ3) is 3.32. The Morgan fingerprint density at radius 2 is 1.96 bits per heavy atom. The van der Waals surface area contributed by atoms with Crippen LogP contribution in [0.2, 0.25) is 0 Å². The number of benzene rings is 2. The van der Waals surface area contributed by atoms with Crippen LogP contribution in [0, 0.1) is 0 Å². The van der Waals surface area contributed by atoms with Crippen molar-refractivity contribution in [3.05, 3.63) is 52.5 Å². The maximum Gasteiger partial charge on any atom is 0.343 e. The van der Waals surface area contributed by atoms with Gasteiger partial charge in [-0.2, -0.15) is 0 Å². The molecule has 0 aliphatic rings. The van der Waals surface area contributed by atoms with E-state index in [9.17, 15) is 9.59 Å². The highest BCUT2D eigenvalue weighted by molar-refractivity contribution is 7.18. The van der Waals surface area contributed by atoms with E-state index in [0.717, 1.165) is 10.2 Å². The van der Waals surface area contributed by atoms with Gasteiger partial charge in [0, 0.05) is 5.56 Å². The Hall–Kier alpha value is -2.93. The van der Waals surface area contributed by atoms with Crippen molar-refractivity contribution in [1.29, 1.82) is 0 Å². The average molecular weight is 357 g/mol. The summed E-state index contributed by atoms with van der Waals surface area (Å²) in [7, 11) is 2.85. The summed E-state index contributed by atoms with van der Waals surface area (Å²) in [6.45, 7) is 0.0108. The molecule has 0 radical (unpaired) electrons. The van der Waals surface area contributed by atoms with Gasteiger partial charge in [0.15, 0.2) is 17.8 Å². The number of thiazole rings is 1. The van der Waals surface area contributed by atoms with Crippen molar-refractivity contribution in [2.24, 2.45) is 0 Å². The van der Waals surface area contributed by atoms with E-state index < -0.39 is 5.97 Å². The number of rotatable bonds is 6. The van der Waals surface area contributed by atoms with Crippen molar-refractivity contribution in [2.75, 3.05) is 14.2 Å². The molecule has 1 heterocycles. The molecule has 3 rings (SSSR count). The number of fused-ring (bicyclic) bond motifs is 1. The van der Waals surface area contributed by atoms with Crippen LogP contribution in [-0.2, 0) is 11.3 Å². The minimum atomic E-state index is -0.669. The van der Waals surface area contributed by atoms with Gasteiger partial charge >= 0.3 is 5.97 Å². The number of hydrogen-bond donors (Lipinski definition) is 0. The first kappa shape index (κ1) is 16.9. The number of aldehydes is 1. The maximum absolute atomic E-state index is 12.5. The lowest BCUT2D eigenvalue weighted by molar-refractivity contribution is 0.0466. The number of nitrogens with zero attached hydrogens (tertiary/aromatic N) is 1. The molecule has 0 saturated carbocycles. The second-order valence-electron chi connectivity index (χ2n) is 5.03. The van der Waals surface area contributed by atoms with Gasteiger partial charge in [-0.15, -0.1) is 11.3 Å². The van der Waals surface area contributed by atoms with E-state index >= 15 is 0 Å². The Kier molecular flexibility index (Phi) is 4.95. The zero-order chi connectivity index (χ0) is 17.8. The summed E-state index contributed by atoms with van der Waals surface area (Å²) in [5, 5.41) is 0.670. The SMILES string of the molecule is COc1ccc(C=O)c(C(=O)OCc2nc3ccccc3s2)c1OC. The molecule has 3 aromatic rings. The number of methoxy groups -OCH3 is 2. The van der Waals surface area contributed by atoms with Crippen LogP contribution in [0.5, 0.6) is 11.5 Å². The lowest BCUT2D eigenvalue weighted by Gasteiger charge is -2.13. The molecule has 0 saturated heterocycles. The standard InChI is InChI=1S/C18H15NO5S/c1-22-13-8-7-11(9-20)16(17(13)23-2)18(21)24-10-15-19-12-5-3-4-6-14(12)25-15/h3-9H,10H2,1-2H3. The van der Waals surface area contributed by atoms with E-state index in [0.29, 0.717) is 17.0 Å². The van der Waals surface area contributed by atoms with Crippen molar-refractivity contribution in [1.82, 2.24) is 4.98 Å². The smallest absolute Gasteiger partial charge is 0.343 e. The third-order valence-corrected chi connectivity index (χ3v) is 4.58. The van der Waals surface area contributed by atoms with Crippen LogP contribution in [0.4, 0.5) is 0 Å². The lowest BCUT2D eigenvalue weighted by Crippen LogP contribution is -2.11. The zero-order valence-corrected chi connectivity index (χ0v) is 14.5. The molecule has 0 N–H and O–H groups in total. The molecule has 0 fully saturated rings. The summed E-state index contributed by atoms with van der Waals surface area (Å²) in [5.41, 5.74) is 1.07. The van der Waals surface area contributed by atoms with Crippen LogP contribution < -0.4 is 9.47 Å². The van der Waals surface area contributed by atoms with Gasteiger partial charge in [0.2, 0.25) is 0 Å². The molecule has 0 atom stereocenters. The van der Waals surface area contributed by atoms with E-state index in [1.807, 2.05) is 24.3 Å². The summed E-state index contributed by atoms with van der Waals surface area (Å²) in [5.74, 6) is -0.154. The molecule has 0 spiro atoms. The van der Waals surface area contributed by atoms with Gasteiger partial charge in [-0.1, -0.05) is 12.1 Å². The van der Waals surface area contributed by atoms with Crippen molar-refractivity contribution < 1.29 is 23.8 Å². The summed E-state index contributed by atoms with van der Waals surface area (Å²) in [4.78, 5) is 28.2. The van der Waals surface area contributed by atoms with Gasteiger partial charge in [-0.05, 0) is 24.3 Å². The molecule has 0 aliphatic heterocycles. The predicted molar refractivity (Wildman–Crippen MR) is 93.7 cm³/mol. The second-order valence-corrected chi connectivity index (χ2v) is 6.15. The summed E-state index contributed by atoms with van der Waals surface area (Å²) in [6.07, 6.45) is 0.580. The molecule has 2 aromatic carbocycles. The normalized spacial score (nSPS) is 10.5. The van der Waals surface area contributed by atoms with E-state index in [4.69, 9.17) is 14.2 Å². The molecule has 6 nitrogen and oxygen atoms in total. The fourth-order valence-electron chi connectivity index (χ4n) is 2.43. The number of para-hydroxylation sites is 1. The zero-order valence-electron chi connectivity index (χ0n) is 13.6. The fourth-order valence-corrected chi connectivity index (χ4v) is 3.31. The van der Waals surface area contributed by atoms with Crippen LogP contribution in [0.15, 0.2) is 36.4 Å². The summed E-state index contributed by atoms with van der Waals surface area (Å²) >= 11 is 1.45. The van der Waals surface area contributed by atoms with Crippen LogP contribution in [0.1, 0.15) is 25.7 Å². The first-order valence-electron chi connectivity index (χ1n) is 7.39. The number of ether oxygens (including phenoxy) is 3. The van der Waals surface area contributed by atoms with Crippen molar-refractivity contribution in [3.63, 3.8) is 0 Å². The Labute approximate surface area is 148 Å². The summed E-state index contributed by atoms with van der Waals surface area (Å²) in [6, 6.07) is 10.7. The number of carbonyl (C=O) groups excluding carboxylic acids is 2. The van der Waals surface area contributed by atoms with Crippen LogP contribution in [-0.4, -0.2) is 31.5 Å². The first-order valence-corrected chi connectivity index (χ1v) is 8.21. The molecule has 0 aliphatic carbocycles. The van der Waals surface area contributed by atoms with Gasteiger partial charge in [-0.3, -0.25) is 4.79 Å². The Morgan fingerprint density at radius 3 is 2.64 bits per heavy atom. The van der Waals surface area contributed by atoms with Crippen molar-refractivity contribution >= 4 is 33.8 Å². The molecule has 0 unspecified atom stereocenters. The monoisotopic (exact) mass is 357 g/mol. The van der Waals surface area contributed by atoms with Gasteiger partial charge < -0.3 is 14.2 Å². The van der Waals surface area contributed by atoms with Crippen LogP contribution in [0.25, 0.3) is 10.2 Å². The fraction of sp³-hybridized carbons (Fsp3) is 0.167. The minimum Gasteiger partial charge on any atom is -0.493 e. The first-order chi connectivity index (χ1) is 12.2. The van der Waals surface area contributed by atoms with Gasteiger partial charge in [0.25, 0.3) is 0 Å². The molecule has 7 heteroatoms. The topological polar surface area (TPSA) is 74.7 Å². The molecule has 1 aromatic heterocycles. The van der Waals surface area contributed by atoms with Crippen molar-refractivity contribution in [2.45, 2.75) is 6.61 Å². The van der Waals surface area contributed by atoms with Crippen molar-refractivity contribution in [3.8, 4) is 11.5 Å². The van der Waals surface area contributed by atoms with E-state index in [1.165, 1.54) is 31.6 Å². The molecule has 128 valence electrons. The largest absolute Gasteiger partial charge is 0.493 e. The number of esters is 1. The highest BCUT2D eigenvalue weighted by Gasteiger charge is 2.23. The Balaban J connectivity index is 1.86. The quantitative estimate of drug-likeness (QED) is 0.497. The number of hydrogen-bond acceptors (Lipinski definition) is 7. The van der Waals surface area contributed by atoms with E-state index in [1.54, 1.807) is 6.07 Å². The highest BCUT2D eigenvalue weighted by Crippen LogP contribution is 2.33. The Bertz CT molecular complexity index is 901. The molecule has 25 heavy (non-hydrogen) atoms. The van der Waals surface area contributed by atoms with E-state index in [-0.39, 0.29) is 23.5 Å². The number of carbonyl (C=O) groups is 2. The summed E-state index contributed by atoms with van der Waals surface area (Å²) < 4.78 is 16.8. The van der Waals surface area contributed by atoms with Gasteiger partial charge in [-0.25, -0.2) is 9.78 Å². The maximum atomic E-state index is 12.5. The van der Waals surface area contributed by atoms with Gasteiger partial charge in [0.05, 0.1) is 24.4 Å². The molecular formula is C18H15NO5S. The van der Waals surface area contributed by atoms with Gasteiger partial charge in [0.1, 0.15) is 17.2 Å².